The van der Waals surface area contributed by atoms with Gasteiger partial charge in [0.25, 0.3) is 0 Å². The molecule has 0 bridgehead atoms. The number of hydrogen-bond acceptors (Lipinski definition) is 2. The summed E-state index contributed by atoms with van der Waals surface area (Å²) in [7, 11) is 0. The topological polar surface area (TPSA) is 29.4 Å². The molecule has 2 rings (SSSR count). The van der Waals surface area contributed by atoms with Crippen LogP contribution >= 0.6 is 15.9 Å². The van der Waals surface area contributed by atoms with E-state index in [0.29, 0.717) is 0 Å². The predicted octanol–water partition coefficient (Wildman–Crippen LogP) is 4.61. The van der Waals surface area contributed by atoms with Gasteiger partial charge in [-0.15, -0.1) is 4.91 Å². The molecule has 2 aromatic rings. The molecule has 0 aromatic heterocycles. The lowest BCUT2D eigenvalue weighted by molar-refractivity contribution is 0.854. The minimum absolute atomic E-state index is 0.427. The average Bonchev–Trinajstić information content (AvgIpc) is 2.35. The Hall–Kier alpha value is -1.48. The van der Waals surface area contributed by atoms with Crippen molar-refractivity contribution in [3.63, 3.8) is 0 Å². The van der Waals surface area contributed by atoms with Crippen molar-refractivity contribution in [3.8, 4) is 0 Å². The van der Waals surface area contributed by atoms with Gasteiger partial charge < -0.3 is 0 Å². The van der Waals surface area contributed by atoms with E-state index in [2.05, 4.69) is 21.1 Å². The normalized spacial score (nSPS) is 12.1. The molecule has 0 radical (unpaired) electrons. The maximum absolute atomic E-state index is 11.1. The van der Waals surface area contributed by atoms with Crippen molar-refractivity contribution in [1.29, 1.82) is 0 Å². The van der Waals surface area contributed by atoms with Crippen LogP contribution in [0.2, 0.25) is 0 Å². The van der Waals surface area contributed by atoms with Crippen LogP contribution in [0.3, 0.4) is 0 Å². The van der Waals surface area contributed by atoms with Gasteiger partial charge in [0, 0.05) is 4.47 Å². The number of rotatable bonds is 3. The lowest BCUT2D eigenvalue weighted by atomic mass is 9.96. The Morgan fingerprint density at radius 1 is 1.06 bits per heavy atom. The first-order valence-corrected chi connectivity index (χ1v) is 6.15. The molecule has 0 saturated heterocycles. The molecule has 0 amide bonds. The van der Waals surface area contributed by atoms with Gasteiger partial charge in [-0.25, -0.2) is 0 Å². The van der Waals surface area contributed by atoms with Crippen LogP contribution in [0.15, 0.2) is 58.2 Å². The van der Waals surface area contributed by atoms with Crippen LogP contribution < -0.4 is 0 Å². The van der Waals surface area contributed by atoms with Crippen molar-refractivity contribution < 1.29 is 0 Å². The molecule has 3 heteroatoms. The standard InChI is InChI=1S/C14H12BrNO/c1-10-4-2-3-5-13(10)14(16-17)11-6-8-12(15)9-7-11/h2-9,14H,1H3. The zero-order valence-electron chi connectivity index (χ0n) is 9.43. The molecule has 0 saturated carbocycles. The summed E-state index contributed by atoms with van der Waals surface area (Å²) in [5.41, 5.74) is 2.96. The second-order valence-electron chi connectivity index (χ2n) is 3.92. The monoisotopic (exact) mass is 289 g/mol. The van der Waals surface area contributed by atoms with E-state index in [0.717, 1.165) is 21.2 Å². The van der Waals surface area contributed by atoms with Crippen molar-refractivity contribution in [2.24, 2.45) is 5.18 Å². The molecule has 1 unspecified atom stereocenters. The minimum atomic E-state index is -0.427. The second-order valence-corrected chi connectivity index (χ2v) is 4.83. The van der Waals surface area contributed by atoms with E-state index < -0.39 is 6.04 Å². The lowest BCUT2D eigenvalue weighted by Gasteiger charge is -2.12. The van der Waals surface area contributed by atoms with Crippen molar-refractivity contribution in [2.75, 3.05) is 0 Å². The van der Waals surface area contributed by atoms with E-state index in [9.17, 15) is 4.91 Å². The minimum Gasteiger partial charge on any atom is -0.150 e. The van der Waals surface area contributed by atoms with Crippen LogP contribution in [0.25, 0.3) is 0 Å². The van der Waals surface area contributed by atoms with E-state index >= 15 is 0 Å². The Morgan fingerprint density at radius 2 is 1.71 bits per heavy atom. The fourth-order valence-corrected chi connectivity index (χ4v) is 2.10. The highest BCUT2D eigenvalue weighted by atomic mass is 79.9. The van der Waals surface area contributed by atoms with Crippen LogP contribution in [-0.2, 0) is 0 Å². The third-order valence-electron chi connectivity index (χ3n) is 2.77. The van der Waals surface area contributed by atoms with Crippen LogP contribution in [0.5, 0.6) is 0 Å². The number of aryl methyl sites for hydroxylation is 1. The average molecular weight is 290 g/mol. The van der Waals surface area contributed by atoms with Gasteiger partial charge in [-0.1, -0.05) is 57.5 Å². The number of nitroso groups, excluding NO2 is 1. The highest BCUT2D eigenvalue weighted by Crippen LogP contribution is 2.28. The maximum atomic E-state index is 11.1. The first-order chi connectivity index (χ1) is 8.22. The first kappa shape index (κ1) is 12.0. The SMILES string of the molecule is Cc1ccccc1C(N=O)c1ccc(Br)cc1. The molecule has 1 atom stereocenters. The number of nitrogens with zero attached hydrogens (tertiary/aromatic N) is 1. The summed E-state index contributed by atoms with van der Waals surface area (Å²) in [6.07, 6.45) is 0. The van der Waals surface area contributed by atoms with E-state index in [1.165, 1.54) is 0 Å². The molecular weight excluding hydrogens is 278 g/mol. The Bertz CT molecular complexity index is 522. The van der Waals surface area contributed by atoms with Crippen LogP contribution in [0, 0.1) is 11.8 Å². The molecule has 0 aliphatic carbocycles. The summed E-state index contributed by atoms with van der Waals surface area (Å²) in [6, 6.07) is 15.1. The van der Waals surface area contributed by atoms with Gasteiger partial charge in [-0.3, -0.25) is 0 Å². The molecule has 0 aliphatic rings. The van der Waals surface area contributed by atoms with E-state index in [1.807, 2.05) is 55.5 Å². The van der Waals surface area contributed by atoms with Crippen LogP contribution in [0.1, 0.15) is 22.7 Å². The van der Waals surface area contributed by atoms with E-state index in [4.69, 9.17) is 0 Å². The third kappa shape index (κ3) is 2.61. The highest BCUT2D eigenvalue weighted by Gasteiger charge is 2.15. The van der Waals surface area contributed by atoms with Crippen molar-refractivity contribution in [2.45, 2.75) is 13.0 Å². The van der Waals surface area contributed by atoms with Crippen molar-refractivity contribution in [3.05, 3.63) is 74.6 Å². The maximum Gasteiger partial charge on any atom is 0.142 e. The second kappa shape index (κ2) is 5.23. The molecule has 86 valence electrons. The molecule has 0 aliphatic heterocycles. The molecule has 2 aromatic carbocycles. The summed E-state index contributed by atoms with van der Waals surface area (Å²) in [5.74, 6) is 0. The van der Waals surface area contributed by atoms with Gasteiger partial charge in [-0.05, 0) is 35.7 Å². The van der Waals surface area contributed by atoms with Crippen LogP contribution in [-0.4, -0.2) is 0 Å². The predicted molar refractivity (Wildman–Crippen MR) is 73.0 cm³/mol. The molecule has 0 spiro atoms. The largest absolute Gasteiger partial charge is 0.150 e. The number of benzene rings is 2. The molecule has 0 N–H and O–H groups in total. The van der Waals surface area contributed by atoms with Gasteiger partial charge in [0.05, 0.1) is 0 Å². The quantitative estimate of drug-likeness (QED) is 0.759. The summed E-state index contributed by atoms with van der Waals surface area (Å²) < 4.78 is 0.996. The molecule has 2 nitrogen and oxygen atoms in total. The molecule has 0 fully saturated rings. The van der Waals surface area contributed by atoms with Gasteiger partial charge in [0.2, 0.25) is 0 Å². The smallest absolute Gasteiger partial charge is 0.142 e. The van der Waals surface area contributed by atoms with E-state index in [1.54, 1.807) is 0 Å². The fraction of sp³-hybridized carbons (Fsp3) is 0.143. The third-order valence-corrected chi connectivity index (χ3v) is 3.30. The lowest BCUT2D eigenvalue weighted by Crippen LogP contribution is -1.99. The molecule has 17 heavy (non-hydrogen) atoms. The zero-order valence-corrected chi connectivity index (χ0v) is 11.0. The van der Waals surface area contributed by atoms with Gasteiger partial charge in [0.15, 0.2) is 0 Å². The zero-order chi connectivity index (χ0) is 12.3. The Balaban J connectivity index is 2.44. The summed E-state index contributed by atoms with van der Waals surface area (Å²) in [6.45, 7) is 1.99. The van der Waals surface area contributed by atoms with Gasteiger partial charge in [0.1, 0.15) is 6.04 Å². The summed E-state index contributed by atoms with van der Waals surface area (Å²) in [4.78, 5) is 11.1. The summed E-state index contributed by atoms with van der Waals surface area (Å²) in [5, 5.41) is 3.25. The van der Waals surface area contributed by atoms with Crippen LogP contribution in [0.4, 0.5) is 0 Å². The van der Waals surface area contributed by atoms with Crippen molar-refractivity contribution in [1.82, 2.24) is 0 Å². The molecular formula is C14H12BrNO. The fourth-order valence-electron chi connectivity index (χ4n) is 1.84. The Kier molecular flexibility index (Phi) is 3.69. The summed E-state index contributed by atoms with van der Waals surface area (Å²) >= 11 is 3.38. The first-order valence-electron chi connectivity index (χ1n) is 5.36. The van der Waals surface area contributed by atoms with Crippen molar-refractivity contribution >= 4 is 15.9 Å². The van der Waals surface area contributed by atoms with Gasteiger partial charge in [-0.2, -0.15) is 0 Å². The molecule has 0 heterocycles. The van der Waals surface area contributed by atoms with Gasteiger partial charge >= 0.3 is 0 Å². The number of hydrogen-bond donors (Lipinski definition) is 0. The Labute approximate surface area is 109 Å². The Morgan fingerprint density at radius 3 is 2.29 bits per heavy atom. The highest BCUT2D eigenvalue weighted by molar-refractivity contribution is 9.10. The van der Waals surface area contributed by atoms with E-state index in [-0.39, 0.29) is 0 Å². The number of halogens is 1.